The van der Waals surface area contributed by atoms with Crippen molar-refractivity contribution in [1.29, 1.82) is 5.26 Å². The molecule has 0 unspecified atom stereocenters. The molecule has 0 aliphatic rings. The lowest BCUT2D eigenvalue weighted by Gasteiger charge is -2.21. The van der Waals surface area contributed by atoms with Crippen molar-refractivity contribution in [3.63, 3.8) is 0 Å². The number of benzene rings is 2. The number of nitrogens with two attached hydrogens (primary N) is 1. The molecule has 4 heteroatoms. The topological polar surface area (TPSA) is 53.0 Å². The number of nitrogen functional groups attached to an aromatic ring is 1. The third-order valence-corrected chi connectivity index (χ3v) is 3.10. The molecule has 0 amide bonds. The van der Waals surface area contributed by atoms with E-state index in [2.05, 4.69) is 6.07 Å². The number of nitrogens with zero attached hydrogens (tertiary/aromatic N) is 2. The average molecular weight is 272 g/mol. The molecule has 0 saturated heterocycles. The van der Waals surface area contributed by atoms with Crippen molar-refractivity contribution in [2.24, 2.45) is 0 Å². The first-order valence-electron chi connectivity index (χ1n) is 5.85. The molecule has 2 N–H and O–H groups in total. The molecule has 0 heterocycles. The zero-order valence-corrected chi connectivity index (χ0v) is 11.4. The minimum atomic E-state index is 0.607. The molecule has 0 aliphatic carbocycles. The van der Waals surface area contributed by atoms with E-state index in [1.807, 2.05) is 36.2 Å². The van der Waals surface area contributed by atoms with Crippen LogP contribution in [0.4, 0.5) is 11.4 Å². The maximum Gasteiger partial charge on any atom is 0.101 e. The van der Waals surface area contributed by atoms with Gasteiger partial charge in [0.2, 0.25) is 0 Å². The number of halogens is 1. The molecule has 0 saturated carbocycles. The highest BCUT2D eigenvalue weighted by molar-refractivity contribution is 6.30. The Balaban J connectivity index is 2.27. The van der Waals surface area contributed by atoms with Crippen LogP contribution in [0.25, 0.3) is 0 Å². The number of rotatable bonds is 3. The molecule has 96 valence electrons. The molecule has 0 radical (unpaired) electrons. The second-order valence-corrected chi connectivity index (χ2v) is 4.81. The molecule has 0 bridgehead atoms. The SMILES string of the molecule is CN(Cc1cccc(N)c1)c1cc(Cl)ccc1C#N. The lowest BCUT2D eigenvalue weighted by molar-refractivity contribution is 0.921. The van der Waals surface area contributed by atoms with Gasteiger partial charge < -0.3 is 10.6 Å². The maximum absolute atomic E-state index is 9.13. The van der Waals surface area contributed by atoms with Crippen LogP contribution in [0.2, 0.25) is 5.02 Å². The van der Waals surface area contributed by atoms with E-state index in [1.54, 1.807) is 18.2 Å². The highest BCUT2D eigenvalue weighted by atomic mass is 35.5. The van der Waals surface area contributed by atoms with Crippen molar-refractivity contribution in [1.82, 2.24) is 0 Å². The average Bonchev–Trinajstić information content (AvgIpc) is 2.38. The van der Waals surface area contributed by atoms with Gasteiger partial charge in [0.1, 0.15) is 6.07 Å². The normalized spacial score (nSPS) is 9.95. The minimum absolute atomic E-state index is 0.607. The highest BCUT2D eigenvalue weighted by Gasteiger charge is 2.08. The van der Waals surface area contributed by atoms with Gasteiger partial charge in [-0.1, -0.05) is 23.7 Å². The Labute approximate surface area is 117 Å². The summed E-state index contributed by atoms with van der Waals surface area (Å²) in [5.41, 5.74) is 9.01. The molecular weight excluding hydrogens is 258 g/mol. The summed E-state index contributed by atoms with van der Waals surface area (Å²) >= 11 is 5.99. The second kappa shape index (κ2) is 5.64. The smallest absolute Gasteiger partial charge is 0.101 e. The van der Waals surface area contributed by atoms with Gasteiger partial charge in [0.15, 0.2) is 0 Å². The minimum Gasteiger partial charge on any atom is -0.399 e. The first-order chi connectivity index (χ1) is 9.10. The summed E-state index contributed by atoms with van der Waals surface area (Å²) in [7, 11) is 1.93. The lowest BCUT2D eigenvalue weighted by Crippen LogP contribution is -2.17. The first kappa shape index (κ1) is 13.3. The van der Waals surface area contributed by atoms with Crippen LogP contribution in [-0.2, 0) is 6.54 Å². The van der Waals surface area contributed by atoms with E-state index < -0.39 is 0 Å². The van der Waals surface area contributed by atoms with Gasteiger partial charge in [-0.2, -0.15) is 5.26 Å². The molecule has 0 aromatic heterocycles. The molecule has 3 nitrogen and oxygen atoms in total. The van der Waals surface area contributed by atoms with Crippen molar-refractivity contribution in [3.05, 3.63) is 58.6 Å². The molecule has 0 atom stereocenters. The predicted molar refractivity (Wildman–Crippen MR) is 79.1 cm³/mol. The Morgan fingerprint density at radius 1 is 1.26 bits per heavy atom. The van der Waals surface area contributed by atoms with Gasteiger partial charge in [-0.3, -0.25) is 0 Å². The van der Waals surface area contributed by atoms with Crippen LogP contribution in [-0.4, -0.2) is 7.05 Å². The summed E-state index contributed by atoms with van der Waals surface area (Å²) in [5.74, 6) is 0. The summed E-state index contributed by atoms with van der Waals surface area (Å²) in [6, 6.07) is 15.1. The van der Waals surface area contributed by atoms with E-state index in [9.17, 15) is 0 Å². The monoisotopic (exact) mass is 271 g/mol. The standard InChI is InChI=1S/C15H14ClN3/c1-19(10-11-3-2-4-14(18)7-11)15-8-13(16)6-5-12(15)9-17/h2-8H,10,18H2,1H3. The Morgan fingerprint density at radius 2 is 2.05 bits per heavy atom. The molecule has 0 aliphatic heterocycles. The summed E-state index contributed by atoms with van der Waals surface area (Å²) in [6.45, 7) is 0.667. The first-order valence-corrected chi connectivity index (χ1v) is 6.23. The molecule has 0 spiro atoms. The summed E-state index contributed by atoms with van der Waals surface area (Å²) in [5, 5.41) is 9.75. The van der Waals surface area contributed by atoms with Crippen LogP contribution < -0.4 is 10.6 Å². The van der Waals surface area contributed by atoms with Crippen molar-refractivity contribution >= 4 is 23.0 Å². The largest absolute Gasteiger partial charge is 0.399 e. The number of hydrogen-bond acceptors (Lipinski definition) is 3. The quantitative estimate of drug-likeness (QED) is 0.870. The van der Waals surface area contributed by atoms with E-state index in [1.165, 1.54) is 0 Å². The third kappa shape index (κ3) is 3.18. The zero-order valence-electron chi connectivity index (χ0n) is 10.6. The summed E-state index contributed by atoms with van der Waals surface area (Å²) in [4.78, 5) is 1.99. The molecular formula is C15H14ClN3. The Morgan fingerprint density at radius 3 is 2.74 bits per heavy atom. The third-order valence-electron chi connectivity index (χ3n) is 2.86. The fraction of sp³-hybridized carbons (Fsp3) is 0.133. The van der Waals surface area contributed by atoms with Crippen LogP contribution in [0.5, 0.6) is 0 Å². The van der Waals surface area contributed by atoms with Crippen molar-refractivity contribution < 1.29 is 0 Å². The van der Waals surface area contributed by atoms with E-state index in [4.69, 9.17) is 22.6 Å². The van der Waals surface area contributed by atoms with E-state index in [0.717, 1.165) is 16.9 Å². The number of hydrogen-bond donors (Lipinski definition) is 1. The number of nitriles is 1. The second-order valence-electron chi connectivity index (χ2n) is 4.37. The number of anilines is 2. The Bertz CT molecular complexity index is 632. The van der Waals surface area contributed by atoms with Crippen LogP contribution >= 0.6 is 11.6 Å². The summed E-state index contributed by atoms with van der Waals surface area (Å²) in [6.07, 6.45) is 0. The highest BCUT2D eigenvalue weighted by Crippen LogP contribution is 2.25. The van der Waals surface area contributed by atoms with E-state index in [-0.39, 0.29) is 0 Å². The predicted octanol–water partition coefficient (Wildman–Crippen LogP) is 3.43. The van der Waals surface area contributed by atoms with Crippen molar-refractivity contribution in [2.75, 3.05) is 17.7 Å². The summed E-state index contributed by atoms with van der Waals surface area (Å²) < 4.78 is 0. The van der Waals surface area contributed by atoms with Gasteiger partial charge in [-0.15, -0.1) is 0 Å². The zero-order chi connectivity index (χ0) is 13.8. The van der Waals surface area contributed by atoms with Crippen LogP contribution in [0.3, 0.4) is 0 Å². The van der Waals surface area contributed by atoms with Gasteiger partial charge in [0.05, 0.1) is 11.3 Å². The molecule has 2 aromatic rings. The van der Waals surface area contributed by atoms with Gasteiger partial charge in [0.25, 0.3) is 0 Å². The Kier molecular flexibility index (Phi) is 3.94. The maximum atomic E-state index is 9.13. The Hall–Kier alpha value is -2.18. The van der Waals surface area contributed by atoms with Crippen LogP contribution in [0, 0.1) is 11.3 Å². The van der Waals surface area contributed by atoms with Gasteiger partial charge in [0, 0.05) is 24.3 Å². The van der Waals surface area contributed by atoms with Crippen LogP contribution in [0.15, 0.2) is 42.5 Å². The fourth-order valence-corrected chi connectivity index (χ4v) is 2.13. The van der Waals surface area contributed by atoms with Gasteiger partial charge >= 0.3 is 0 Å². The van der Waals surface area contributed by atoms with E-state index >= 15 is 0 Å². The lowest BCUT2D eigenvalue weighted by atomic mass is 10.1. The van der Waals surface area contributed by atoms with Crippen molar-refractivity contribution in [3.8, 4) is 6.07 Å². The van der Waals surface area contributed by atoms with Crippen LogP contribution in [0.1, 0.15) is 11.1 Å². The fourth-order valence-electron chi connectivity index (χ4n) is 1.97. The molecule has 2 rings (SSSR count). The van der Waals surface area contributed by atoms with Gasteiger partial charge in [-0.05, 0) is 35.9 Å². The molecule has 19 heavy (non-hydrogen) atoms. The van der Waals surface area contributed by atoms with Gasteiger partial charge in [-0.25, -0.2) is 0 Å². The molecule has 2 aromatic carbocycles. The molecule has 0 fully saturated rings. The van der Waals surface area contributed by atoms with E-state index in [0.29, 0.717) is 17.1 Å². The van der Waals surface area contributed by atoms with Crippen molar-refractivity contribution in [2.45, 2.75) is 6.54 Å².